The molecule has 0 aliphatic rings. The van der Waals surface area contributed by atoms with Crippen LogP contribution < -0.4 is 0 Å². The van der Waals surface area contributed by atoms with Gasteiger partial charge >= 0.3 is 0 Å². The lowest BCUT2D eigenvalue weighted by molar-refractivity contribution is -0.132. The second-order valence-corrected chi connectivity index (χ2v) is 6.82. The number of amides is 2. The van der Waals surface area contributed by atoms with E-state index in [1.54, 1.807) is 9.80 Å². The number of carbonyl (C=O) groups excluding carboxylic acids is 2. The number of ether oxygens (including phenoxy) is 1. The molecule has 0 radical (unpaired) electrons. The number of hydrogen-bond acceptors (Lipinski definition) is 3. The minimum absolute atomic E-state index is 0.0290. The van der Waals surface area contributed by atoms with Crippen LogP contribution in [0.1, 0.15) is 41.5 Å². The third-order valence-corrected chi connectivity index (χ3v) is 3.81. The van der Waals surface area contributed by atoms with Crippen LogP contribution in [0.4, 0.5) is 0 Å². The normalized spacial score (nSPS) is 13.5. The Balaban J connectivity index is 4.47. The highest BCUT2D eigenvalue weighted by Crippen LogP contribution is 2.10. The predicted octanol–water partition coefficient (Wildman–Crippen LogP) is 2.87. The molecule has 0 spiro atoms. The molecule has 2 atom stereocenters. The number of carbonyl (C=O) groups is 2. The Labute approximate surface area is 147 Å². The molecule has 0 fully saturated rings. The molecule has 0 aromatic rings. The van der Waals surface area contributed by atoms with Crippen molar-refractivity contribution in [2.24, 2.45) is 5.92 Å². The molecule has 2 unspecified atom stereocenters. The van der Waals surface area contributed by atoms with Crippen LogP contribution in [0.2, 0.25) is 0 Å². The molecule has 0 aliphatic carbocycles. The number of nitrogens with zero attached hydrogens (tertiary/aromatic N) is 2. The van der Waals surface area contributed by atoms with Crippen LogP contribution in [0.3, 0.4) is 0 Å². The highest BCUT2D eigenvalue weighted by molar-refractivity contribution is 5.87. The van der Waals surface area contributed by atoms with Gasteiger partial charge in [0, 0.05) is 18.6 Å². The summed E-state index contributed by atoms with van der Waals surface area (Å²) >= 11 is 0. The number of hydrogen-bond donors (Lipinski definition) is 0. The largest absolute Gasteiger partial charge is 0.379 e. The van der Waals surface area contributed by atoms with Crippen LogP contribution >= 0.6 is 0 Å². The summed E-state index contributed by atoms with van der Waals surface area (Å²) in [6.45, 7) is 20.6. The Kier molecular flexibility index (Phi) is 10.3. The van der Waals surface area contributed by atoms with Crippen LogP contribution in [0, 0.1) is 5.92 Å². The molecule has 0 aromatic heterocycles. The van der Waals surface area contributed by atoms with E-state index in [4.69, 9.17) is 4.74 Å². The van der Waals surface area contributed by atoms with E-state index in [2.05, 4.69) is 13.2 Å². The van der Waals surface area contributed by atoms with Gasteiger partial charge in [-0.25, -0.2) is 0 Å². The van der Waals surface area contributed by atoms with Gasteiger partial charge in [-0.2, -0.15) is 0 Å². The summed E-state index contributed by atoms with van der Waals surface area (Å²) in [5.74, 6) is 0.0515. The van der Waals surface area contributed by atoms with Gasteiger partial charge in [0.2, 0.25) is 11.8 Å². The molecule has 2 amide bonds. The fourth-order valence-corrected chi connectivity index (χ4v) is 2.67. The summed E-state index contributed by atoms with van der Waals surface area (Å²) in [4.78, 5) is 27.3. The van der Waals surface area contributed by atoms with Crippen LogP contribution in [-0.2, 0) is 14.3 Å². The Hall–Kier alpha value is -1.62. The molecule has 5 heteroatoms. The first kappa shape index (κ1) is 22.4. The Morgan fingerprint density at radius 1 is 0.917 bits per heavy atom. The van der Waals surface area contributed by atoms with E-state index in [0.717, 1.165) is 0 Å². The van der Waals surface area contributed by atoms with Crippen molar-refractivity contribution in [3.63, 3.8) is 0 Å². The second kappa shape index (κ2) is 11.0. The van der Waals surface area contributed by atoms with Crippen molar-refractivity contribution in [1.82, 2.24) is 9.80 Å². The Morgan fingerprint density at radius 2 is 1.46 bits per heavy atom. The first-order chi connectivity index (χ1) is 11.1. The van der Waals surface area contributed by atoms with E-state index in [0.29, 0.717) is 19.8 Å². The number of rotatable bonds is 11. The van der Waals surface area contributed by atoms with Gasteiger partial charge in [0.25, 0.3) is 0 Å². The zero-order valence-electron chi connectivity index (χ0n) is 16.1. The van der Waals surface area contributed by atoms with E-state index in [1.165, 1.54) is 12.2 Å². The SMILES string of the molecule is C=CC(=O)N(CC(C)COCC(C)N(C(=O)C=C)C(C)C)C(C)C. The molecule has 0 saturated carbocycles. The average molecular weight is 338 g/mol. The molecular formula is C19H34N2O3. The maximum absolute atomic E-state index is 11.9. The molecule has 138 valence electrons. The summed E-state index contributed by atoms with van der Waals surface area (Å²) in [5.41, 5.74) is 0. The van der Waals surface area contributed by atoms with E-state index >= 15 is 0 Å². The minimum Gasteiger partial charge on any atom is -0.379 e. The maximum atomic E-state index is 11.9. The van der Waals surface area contributed by atoms with Gasteiger partial charge in [-0.1, -0.05) is 20.1 Å². The third-order valence-electron chi connectivity index (χ3n) is 3.81. The van der Waals surface area contributed by atoms with Crippen LogP contribution in [0.5, 0.6) is 0 Å². The van der Waals surface area contributed by atoms with Gasteiger partial charge < -0.3 is 14.5 Å². The smallest absolute Gasteiger partial charge is 0.246 e. The zero-order valence-corrected chi connectivity index (χ0v) is 16.1. The second-order valence-electron chi connectivity index (χ2n) is 6.82. The standard InChI is InChI=1S/C19H34N2O3/c1-9-18(22)20(14(3)4)11-16(7)12-24-13-17(8)21(15(5)6)19(23)10-2/h9-10,14-17H,1-2,11-13H2,3-8H3. The lowest BCUT2D eigenvalue weighted by Crippen LogP contribution is -2.45. The Morgan fingerprint density at radius 3 is 1.88 bits per heavy atom. The van der Waals surface area contributed by atoms with E-state index in [-0.39, 0.29) is 35.9 Å². The predicted molar refractivity (Wildman–Crippen MR) is 98.7 cm³/mol. The fraction of sp³-hybridized carbons (Fsp3) is 0.684. The molecular weight excluding hydrogens is 304 g/mol. The Bertz CT molecular complexity index is 432. The monoisotopic (exact) mass is 338 g/mol. The molecule has 0 aromatic carbocycles. The first-order valence-electron chi connectivity index (χ1n) is 8.61. The lowest BCUT2D eigenvalue weighted by atomic mass is 10.1. The fourth-order valence-electron chi connectivity index (χ4n) is 2.67. The highest BCUT2D eigenvalue weighted by Gasteiger charge is 2.22. The van der Waals surface area contributed by atoms with Crippen molar-refractivity contribution in [3.8, 4) is 0 Å². The summed E-state index contributed by atoms with van der Waals surface area (Å²) in [6, 6.07) is 0.186. The van der Waals surface area contributed by atoms with Crippen LogP contribution in [0.25, 0.3) is 0 Å². The van der Waals surface area contributed by atoms with Crippen molar-refractivity contribution >= 4 is 11.8 Å². The van der Waals surface area contributed by atoms with Gasteiger partial charge in [0.1, 0.15) is 0 Å². The van der Waals surface area contributed by atoms with Crippen molar-refractivity contribution in [2.75, 3.05) is 19.8 Å². The van der Waals surface area contributed by atoms with Gasteiger partial charge in [0.05, 0.1) is 19.3 Å². The molecule has 0 rings (SSSR count). The van der Waals surface area contributed by atoms with Crippen LogP contribution in [0.15, 0.2) is 25.3 Å². The molecule has 0 heterocycles. The van der Waals surface area contributed by atoms with Crippen LogP contribution in [-0.4, -0.2) is 59.5 Å². The quantitative estimate of drug-likeness (QED) is 0.544. The van der Waals surface area contributed by atoms with Gasteiger partial charge in [0.15, 0.2) is 0 Å². The lowest BCUT2D eigenvalue weighted by Gasteiger charge is -2.32. The summed E-state index contributed by atoms with van der Waals surface area (Å²) < 4.78 is 5.79. The topological polar surface area (TPSA) is 49.9 Å². The van der Waals surface area contributed by atoms with Crippen molar-refractivity contribution < 1.29 is 14.3 Å². The summed E-state index contributed by atoms with van der Waals surface area (Å²) in [5, 5.41) is 0. The molecule has 0 aliphatic heterocycles. The zero-order chi connectivity index (χ0) is 18.9. The molecule has 0 N–H and O–H groups in total. The van der Waals surface area contributed by atoms with Gasteiger partial charge in [-0.3, -0.25) is 9.59 Å². The van der Waals surface area contributed by atoms with Gasteiger partial charge in [-0.05, 0) is 52.7 Å². The van der Waals surface area contributed by atoms with Crippen molar-refractivity contribution in [3.05, 3.63) is 25.3 Å². The van der Waals surface area contributed by atoms with E-state index in [9.17, 15) is 9.59 Å². The van der Waals surface area contributed by atoms with E-state index in [1.807, 2.05) is 41.5 Å². The summed E-state index contributed by atoms with van der Waals surface area (Å²) in [6.07, 6.45) is 2.68. The molecule has 24 heavy (non-hydrogen) atoms. The van der Waals surface area contributed by atoms with Crippen molar-refractivity contribution in [1.29, 1.82) is 0 Å². The maximum Gasteiger partial charge on any atom is 0.246 e. The molecule has 0 bridgehead atoms. The molecule has 0 saturated heterocycles. The highest BCUT2D eigenvalue weighted by atomic mass is 16.5. The van der Waals surface area contributed by atoms with Crippen molar-refractivity contribution in [2.45, 2.75) is 59.7 Å². The molecule has 5 nitrogen and oxygen atoms in total. The van der Waals surface area contributed by atoms with E-state index < -0.39 is 0 Å². The third kappa shape index (κ3) is 7.30. The summed E-state index contributed by atoms with van der Waals surface area (Å²) in [7, 11) is 0. The first-order valence-corrected chi connectivity index (χ1v) is 8.61. The van der Waals surface area contributed by atoms with Gasteiger partial charge in [-0.15, -0.1) is 0 Å². The minimum atomic E-state index is -0.0864. The average Bonchev–Trinajstić information content (AvgIpc) is 2.51.